The zero-order valence-electron chi connectivity index (χ0n) is 9.32. The van der Waals surface area contributed by atoms with E-state index >= 15 is 0 Å². The molecule has 3 rings (SSSR count). The average Bonchev–Trinajstić information content (AvgIpc) is 2.75. The first-order valence-corrected chi connectivity index (χ1v) is 6.61. The summed E-state index contributed by atoms with van der Waals surface area (Å²) in [5, 5.41) is 1.71. The van der Waals surface area contributed by atoms with Gasteiger partial charge < -0.3 is 4.98 Å². The smallest absolute Gasteiger partial charge is 0.137 e. The van der Waals surface area contributed by atoms with Crippen molar-refractivity contribution in [3.8, 4) is 0 Å². The van der Waals surface area contributed by atoms with Crippen LogP contribution < -0.4 is 0 Å². The molecule has 18 heavy (non-hydrogen) atoms. The molecule has 3 heterocycles. The monoisotopic (exact) mass is 321 g/mol. The molecule has 0 aromatic carbocycles. The minimum absolute atomic E-state index is 0.650. The van der Waals surface area contributed by atoms with Crippen LogP contribution in [0, 0.1) is 0 Å². The molecule has 0 fully saturated rings. The highest BCUT2D eigenvalue weighted by atomic mass is 79.9. The van der Waals surface area contributed by atoms with Crippen molar-refractivity contribution >= 4 is 38.6 Å². The first-order chi connectivity index (χ1) is 8.72. The molecule has 0 amide bonds. The van der Waals surface area contributed by atoms with Crippen molar-refractivity contribution in [1.29, 1.82) is 0 Å². The maximum absolute atomic E-state index is 5.98. The van der Waals surface area contributed by atoms with Gasteiger partial charge in [-0.05, 0) is 39.2 Å². The van der Waals surface area contributed by atoms with Gasteiger partial charge in [-0.3, -0.25) is 0 Å². The van der Waals surface area contributed by atoms with Crippen LogP contribution >= 0.6 is 27.5 Å². The zero-order chi connectivity index (χ0) is 12.5. The Morgan fingerprint density at radius 1 is 1.22 bits per heavy atom. The van der Waals surface area contributed by atoms with Crippen LogP contribution in [0.3, 0.4) is 0 Å². The number of rotatable bonds is 2. The number of nitrogens with zero attached hydrogens (tertiary/aromatic N) is 2. The molecule has 3 nitrogen and oxygen atoms in total. The van der Waals surface area contributed by atoms with E-state index in [9.17, 15) is 0 Å². The molecule has 0 radical (unpaired) electrons. The summed E-state index contributed by atoms with van der Waals surface area (Å²) in [6.07, 6.45) is 6.28. The van der Waals surface area contributed by atoms with E-state index in [1.807, 2.05) is 30.6 Å². The van der Waals surface area contributed by atoms with Crippen LogP contribution in [-0.4, -0.2) is 15.0 Å². The van der Waals surface area contributed by atoms with Crippen LogP contribution in [0.4, 0.5) is 0 Å². The Balaban J connectivity index is 1.99. The molecule has 0 saturated carbocycles. The lowest BCUT2D eigenvalue weighted by Crippen LogP contribution is -1.88. The molecule has 0 bridgehead atoms. The fourth-order valence-corrected chi connectivity index (χ4v) is 2.30. The summed E-state index contributed by atoms with van der Waals surface area (Å²) in [6.45, 7) is 0. The summed E-state index contributed by atoms with van der Waals surface area (Å²) in [5.41, 5.74) is 3.18. The fraction of sp³-hybridized carbons (Fsp3) is 0.0769. The van der Waals surface area contributed by atoms with Crippen molar-refractivity contribution in [3.05, 3.63) is 57.5 Å². The molecule has 0 unspecified atom stereocenters. The van der Waals surface area contributed by atoms with Crippen LogP contribution in [0.15, 0.2) is 41.4 Å². The number of aromatic amines is 1. The van der Waals surface area contributed by atoms with Gasteiger partial charge in [0, 0.05) is 30.4 Å². The Labute approximate surface area is 117 Å². The topological polar surface area (TPSA) is 41.6 Å². The number of fused-ring (bicyclic) bond motifs is 1. The largest absolute Gasteiger partial charge is 0.346 e. The second-order valence-corrected chi connectivity index (χ2v) is 5.28. The Morgan fingerprint density at radius 3 is 2.89 bits per heavy atom. The van der Waals surface area contributed by atoms with E-state index in [2.05, 4.69) is 30.9 Å². The summed E-state index contributed by atoms with van der Waals surface area (Å²) < 4.78 is 0.842. The van der Waals surface area contributed by atoms with Crippen LogP contribution in [0.2, 0.25) is 5.02 Å². The third-order valence-corrected chi connectivity index (χ3v) is 3.44. The third kappa shape index (κ3) is 2.26. The standard InChI is InChI=1S/C13H9BrClN3/c14-12-2-1-8(5-16-12)3-9-6-17-13-11(9)4-10(15)7-18-13/h1-2,4-7H,3H2,(H,17,18). The summed E-state index contributed by atoms with van der Waals surface area (Å²) in [7, 11) is 0. The van der Waals surface area contributed by atoms with Crippen LogP contribution in [0.1, 0.15) is 11.1 Å². The van der Waals surface area contributed by atoms with Crippen molar-refractivity contribution < 1.29 is 0 Å². The summed E-state index contributed by atoms with van der Waals surface area (Å²) >= 11 is 9.30. The highest BCUT2D eigenvalue weighted by molar-refractivity contribution is 9.10. The van der Waals surface area contributed by atoms with Crippen molar-refractivity contribution in [2.24, 2.45) is 0 Å². The van der Waals surface area contributed by atoms with Gasteiger partial charge in [-0.2, -0.15) is 0 Å². The lowest BCUT2D eigenvalue weighted by Gasteiger charge is -2.00. The van der Waals surface area contributed by atoms with Gasteiger partial charge in [0.2, 0.25) is 0 Å². The van der Waals surface area contributed by atoms with Gasteiger partial charge in [-0.15, -0.1) is 0 Å². The van der Waals surface area contributed by atoms with Crippen molar-refractivity contribution in [3.63, 3.8) is 0 Å². The summed E-state index contributed by atoms with van der Waals surface area (Å²) in [4.78, 5) is 11.6. The molecule has 0 aliphatic carbocycles. The number of hydrogen-bond acceptors (Lipinski definition) is 2. The van der Waals surface area contributed by atoms with Crippen molar-refractivity contribution in [2.45, 2.75) is 6.42 Å². The Hall–Kier alpha value is -1.39. The van der Waals surface area contributed by atoms with Crippen LogP contribution in [0.5, 0.6) is 0 Å². The van der Waals surface area contributed by atoms with Gasteiger partial charge in [0.15, 0.2) is 0 Å². The third-order valence-electron chi connectivity index (χ3n) is 2.77. The number of nitrogens with one attached hydrogen (secondary N) is 1. The predicted molar refractivity (Wildman–Crippen MR) is 75.8 cm³/mol. The van der Waals surface area contributed by atoms with Gasteiger partial charge in [-0.25, -0.2) is 9.97 Å². The van der Waals surface area contributed by atoms with Crippen molar-refractivity contribution in [2.75, 3.05) is 0 Å². The summed E-state index contributed by atoms with van der Waals surface area (Å²) in [6, 6.07) is 5.92. The van der Waals surface area contributed by atoms with E-state index in [1.54, 1.807) is 6.20 Å². The highest BCUT2D eigenvalue weighted by Gasteiger charge is 2.06. The molecule has 0 saturated heterocycles. The minimum Gasteiger partial charge on any atom is -0.346 e. The summed E-state index contributed by atoms with van der Waals surface area (Å²) in [5.74, 6) is 0. The number of H-pyrrole nitrogens is 1. The number of aromatic nitrogens is 3. The quantitative estimate of drug-likeness (QED) is 0.725. The van der Waals surface area contributed by atoms with Gasteiger partial charge in [0.05, 0.1) is 5.02 Å². The van der Waals surface area contributed by atoms with Crippen molar-refractivity contribution in [1.82, 2.24) is 15.0 Å². The van der Waals surface area contributed by atoms with E-state index in [-0.39, 0.29) is 0 Å². The molecule has 0 aliphatic rings. The van der Waals surface area contributed by atoms with Gasteiger partial charge >= 0.3 is 0 Å². The van der Waals surface area contributed by atoms with E-state index in [0.29, 0.717) is 5.02 Å². The molecule has 90 valence electrons. The first-order valence-electron chi connectivity index (χ1n) is 5.44. The van der Waals surface area contributed by atoms with E-state index in [4.69, 9.17) is 11.6 Å². The minimum atomic E-state index is 0.650. The zero-order valence-corrected chi connectivity index (χ0v) is 11.7. The molecule has 0 aliphatic heterocycles. The van der Waals surface area contributed by atoms with Gasteiger partial charge in [0.25, 0.3) is 0 Å². The maximum atomic E-state index is 5.98. The Morgan fingerprint density at radius 2 is 2.11 bits per heavy atom. The molecule has 1 N–H and O–H groups in total. The van der Waals surface area contributed by atoms with E-state index < -0.39 is 0 Å². The molecule has 3 aromatic heterocycles. The number of hydrogen-bond donors (Lipinski definition) is 1. The second-order valence-electron chi connectivity index (χ2n) is 4.03. The molecular weight excluding hydrogens is 314 g/mol. The van der Waals surface area contributed by atoms with Gasteiger partial charge in [-0.1, -0.05) is 17.7 Å². The van der Waals surface area contributed by atoms with E-state index in [0.717, 1.165) is 27.6 Å². The molecule has 0 spiro atoms. The van der Waals surface area contributed by atoms with Crippen LogP contribution in [0.25, 0.3) is 11.0 Å². The number of pyridine rings is 2. The average molecular weight is 323 g/mol. The highest BCUT2D eigenvalue weighted by Crippen LogP contribution is 2.22. The predicted octanol–water partition coefficient (Wildman–Crippen LogP) is 3.96. The normalized spacial score (nSPS) is 11.0. The van der Waals surface area contributed by atoms with E-state index in [1.165, 1.54) is 5.56 Å². The molecule has 3 aromatic rings. The molecular formula is C13H9BrClN3. The second kappa shape index (κ2) is 4.71. The lowest BCUT2D eigenvalue weighted by molar-refractivity contribution is 1.14. The van der Waals surface area contributed by atoms with Gasteiger partial charge in [0.1, 0.15) is 10.3 Å². The number of halogens is 2. The SMILES string of the molecule is Clc1cnc2[nH]cc(Cc3ccc(Br)nc3)c2c1. The van der Waals surface area contributed by atoms with Crippen LogP contribution in [-0.2, 0) is 6.42 Å². The first kappa shape index (κ1) is 11.7. The Kier molecular flexibility index (Phi) is 3.06. The Bertz CT molecular complexity index is 691. The fourth-order valence-electron chi connectivity index (χ4n) is 1.91. The molecule has 5 heteroatoms. The lowest BCUT2D eigenvalue weighted by atomic mass is 10.1. The molecule has 0 atom stereocenters. The maximum Gasteiger partial charge on any atom is 0.137 e.